The first-order chi connectivity index (χ1) is 11.2. The quantitative estimate of drug-likeness (QED) is 0.755. The summed E-state index contributed by atoms with van der Waals surface area (Å²) in [7, 11) is 1.63. The minimum Gasteiger partial charge on any atom is -0.497 e. The van der Waals surface area contributed by atoms with E-state index in [1.165, 1.54) is 11.3 Å². The van der Waals surface area contributed by atoms with Crippen LogP contribution in [0.15, 0.2) is 42.3 Å². The first-order valence-electron chi connectivity index (χ1n) is 7.35. The van der Waals surface area contributed by atoms with E-state index < -0.39 is 0 Å². The van der Waals surface area contributed by atoms with E-state index in [2.05, 4.69) is 11.6 Å². The standard InChI is InChI=1S/C17H21N3O2S/c1-3-10-20(11-13-4-6-14(22-2)7-5-13)17(21)15-12-23-16(19-15)8-9-18/h3-7,12H,1,8-11,18H2,2H3. The minimum absolute atomic E-state index is 0.0970. The third kappa shape index (κ3) is 4.64. The Morgan fingerprint density at radius 1 is 1.43 bits per heavy atom. The molecule has 0 aliphatic heterocycles. The summed E-state index contributed by atoms with van der Waals surface area (Å²) in [5, 5.41) is 2.68. The number of aromatic nitrogens is 1. The van der Waals surface area contributed by atoms with E-state index in [1.807, 2.05) is 24.3 Å². The fourth-order valence-electron chi connectivity index (χ4n) is 2.14. The van der Waals surface area contributed by atoms with E-state index in [9.17, 15) is 4.79 Å². The number of amides is 1. The number of methoxy groups -OCH3 is 1. The Morgan fingerprint density at radius 3 is 2.78 bits per heavy atom. The molecule has 1 aromatic carbocycles. The maximum Gasteiger partial charge on any atom is 0.273 e. The number of benzene rings is 1. The normalized spacial score (nSPS) is 10.3. The average molecular weight is 331 g/mol. The van der Waals surface area contributed by atoms with Gasteiger partial charge in [0.05, 0.1) is 12.1 Å². The monoisotopic (exact) mass is 331 g/mol. The predicted octanol–water partition coefficient (Wildman–Crippen LogP) is 2.48. The summed E-state index contributed by atoms with van der Waals surface area (Å²) in [6.07, 6.45) is 2.41. The Bertz CT molecular complexity index is 652. The maximum absolute atomic E-state index is 12.6. The molecule has 2 rings (SSSR count). The van der Waals surface area contributed by atoms with Gasteiger partial charge >= 0.3 is 0 Å². The van der Waals surface area contributed by atoms with Gasteiger partial charge in [0.2, 0.25) is 0 Å². The smallest absolute Gasteiger partial charge is 0.273 e. The van der Waals surface area contributed by atoms with Crippen LogP contribution in [0.5, 0.6) is 5.75 Å². The van der Waals surface area contributed by atoms with Gasteiger partial charge in [0.15, 0.2) is 0 Å². The number of hydrogen-bond donors (Lipinski definition) is 1. The minimum atomic E-state index is -0.0970. The number of nitrogens with zero attached hydrogens (tertiary/aromatic N) is 2. The second-order valence-electron chi connectivity index (χ2n) is 4.99. The number of thiazole rings is 1. The Kier molecular flexibility index (Phi) is 6.31. The zero-order valence-corrected chi connectivity index (χ0v) is 14.0. The highest BCUT2D eigenvalue weighted by molar-refractivity contribution is 7.09. The summed E-state index contributed by atoms with van der Waals surface area (Å²) < 4.78 is 5.15. The number of ether oxygens (including phenoxy) is 1. The van der Waals surface area contributed by atoms with Gasteiger partial charge in [0, 0.05) is 24.9 Å². The molecule has 0 unspecified atom stereocenters. The Morgan fingerprint density at radius 2 is 2.17 bits per heavy atom. The Hall–Kier alpha value is -2.18. The van der Waals surface area contributed by atoms with Gasteiger partial charge in [-0.05, 0) is 24.2 Å². The first kappa shape index (κ1) is 17.2. The van der Waals surface area contributed by atoms with Crippen molar-refractivity contribution in [3.05, 3.63) is 58.6 Å². The summed E-state index contributed by atoms with van der Waals surface area (Å²) in [4.78, 5) is 18.7. The van der Waals surface area contributed by atoms with Crippen molar-refractivity contribution in [3.8, 4) is 5.75 Å². The van der Waals surface area contributed by atoms with E-state index in [4.69, 9.17) is 10.5 Å². The molecule has 23 heavy (non-hydrogen) atoms. The van der Waals surface area contributed by atoms with Crippen molar-refractivity contribution in [1.82, 2.24) is 9.88 Å². The van der Waals surface area contributed by atoms with Crippen LogP contribution in [0.4, 0.5) is 0 Å². The van der Waals surface area contributed by atoms with Gasteiger partial charge in [-0.15, -0.1) is 17.9 Å². The van der Waals surface area contributed by atoms with Gasteiger partial charge in [-0.1, -0.05) is 18.2 Å². The van der Waals surface area contributed by atoms with Crippen LogP contribution >= 0.6 is 11.3 Å². The highest BCUT2D eigenvalue weighted by Crippen LogP contribution is 2.16. The van der Waals surface area contributed by atoms with Crippen molar-refractivity contribution in [2.24, 2.45) is 5.73 Å². The molecular formula is C17H21N3O2S. The van der Waals surface area contributed by atoms with Crippen molar-refractivity contribution in [3.63, 3.8) is 0 Å². The second kappa shape index (κ2) is 8.45. The summed E-state index contributed by atoms with van der Waals surface area (Å²) in [5.41, 5.74) is 7.02. The maximum atomic E-state index is 12.6. The van der Waals surface area contributed by atoms with E-state index in [1.54, 1.807) is 23.5 Å². The molecule has 0 fully saturated rings. The van der Waals surface area contributed by atoms with Crippen molar-refractivity contribution in [2.45, 2.75) is 13.0 Å². The molecule has 0 saturated carbocycles. The second-order valence-corrected chi connectivity index (χ2v) is 5.93. The van der Waals surface area contributed by atoms with Gasteiger partial charge < -0.3 is 15.4 Å². The molecule has 0 bridgehead atoms. The zero-order chi connectivity index (χ0) is 16.7. The number of carbonyl (C=O) groups excluding carboxylic acids is 1. The molecule has 122 valence electrons. The average Bonchev–Trinajstić information content (AvgIpc) is 3.03. The van der Waals surface area contributed by atoms with Crippen LogP contribution < -0.4 is 10.5 Å². The number of hydrogen-bond acceptors (Lipinski definition) is 5. The zero-order valence-electron chi connectivity index (χ0n) is 13.2. The molecule has 0 aliphatic carbocycles. The van der Waals surface area contributed by atoms with Crippen molar-refractivity contribution in [1.29, 1.82) is 0 Å². The molecule has 0 atom stereocenters. The van der Waals surface area contributed by atoms with E-state index in [-0.39, 0.29) is 5.91 Å². The summed E-state index contributed by atoms with van der Waals surface area (Å²) in [6, 6.07) is 7.66. The molecular weight excluding hydrogens is 310 g/mol. The lowest BCUT2D eigenvalue weighted by Gasteiger charge is -2.20. The molecule has 1 amide bonds. The molecule has 6 heteroatoms. The van der Waals surface area contributed by atoms with Gasteiger partial charge in [-0.25, -0.2) is 4.98 Å². The van der Waals surface area contributed by atoms with E-state index in [0.29, 0.717) is 31.7 Å². The summed E-state index contributed by atoms with van der Waals surface area (Å²) in [5.74, 6) is 0.696. The molecule has 1 heterocycles. The van der Waals surface area contributed by atoms with Gasteiger partial charge in [-0.2, -0.15) is 0 Å². The van der Waals surface area contributed by atoms with Crippen LogP contribution in [-0.2, 0) is 13.0 Å². The van der Waals surface area contributed by atoms with Crippen LogP contribution in [0.2, 0.25) is 0 Å². The lowest BCUT2D eigenvalue weighted by atomic mass is 10.2. The van der Waals surface area contributed by atoms with Crippen LogP contribution in [0, 0.1) is 0 Å². The largest absolute Gasteiger partial charge is 0.497 e. The fourth-order valence-corrected chi connectivity index (χ4v) is 2.92. The highest BCUT2D eigenvalue weighted by Gasteiger charge is 2.18. The third-order valence-electron chi connectivity index (χ3n) is 3.30. The molecule has 0 radical (unpaired) electrons. The van der Waals surface area contributed by atoms with Crippen LogP contribution in [0.3, 0.4) is 0 Å². The van der Waals surface area contributed by atoms with E-state index in [0.717, 1.165) is 16.3 Å². The Balaban J connectivity index is 2.11. The van der Waals surface area contributed by atoms with E-state index >= 15 is 0 Å². The van der Waals surface area contributed by atoms with Crippen LogP contribution in [-0.4, -0.2) is 36.0 Å². The highest BCUT2D eigenvalue weighted by atomic mass is 32.1. The predicted molar refractivity (Wildman–Crippen MR) is 92.8 cm³/mol. The summed E-state index contributed by atoms with van der Waals surface area (Å²) in [6.45, 7) is 5.23. The number of nitrogens with two attached hydrogens (primary N) is 1. The lowest BCUT2D eigenvalue weighted by molar-refractivity contribution is 0.0757. The van der Waals surface area contributed by atoms with Crippen LogP contribution in [0.25, 0.3) is 0 Å². The number of rotatable bonds is 8. The molecule has 1 aromatic heterocycles. The van der Waals surface area contributed by atoms with Gasteiger partial charge in [0.25, 0.3) is 5.91 Å². The van der Waals surface area contributed by atoms with Crippen LogP contribution in [0.1, 0.15) is 21.1 Å². The summed E-state index contributed by atoms with van der Waals surface area (Å²) >= 11 is 1.47. The number of carbonyl (C=O) groups is 1. The van der Waals surface area contributed by atoms with Gasteiger partial charge in [-0.3, -0.25) is 4.79 Å². The molecule has 0 spiro atoms. The lowest BCUT2D eigenvalue weighted by Crippen LogP contribution is -2.31. The first-order valence-corrected chi connectivity index (χ1v) is 8.23. The van der Waals surface area contributed by atoms with Crippen molar-refractivity contribution < 1.29 is 9.53 Å². The molecule has 2 N–H and O–H groups in total. The topological polar surface area (TPSA) is 68.5 Å². The van der Waals surface area contributed by atoms with Gasteiger partial charge in [0.1, 0.15) is 11.4 Å². The molecule has 0 aliphatic rings. The van der Waals surface area contributed by atoms with Crippen molar-refractivity contribution in [2.75, 3.05) is 20.2 Å². The SMILES string of the molecule is C=CCN(Cc1ccc(OC)cc1)C(=O)c1csc(CCN)n1. The van der Waals surface area contributed by atoms with Crippen molar-refractivity contribution >= 4 is 17.2 Å². The molecule has 2 aromatic rings. The molecule has 5 nitrogen and oxygen atoms in total. The third-order valence-corrected chi connectivity index (χ3v) is 4.21. The fraction of sp³-hybridized carbons (Fsp3) is 0.294. The molecule has 0 saturated heterocycles. The Labute approximate surface area is 140 Å².